The normalized spacial score (nSPS) is 24.1. The molecule has 1 aromatic heterocycles. The van der Waals surface area contributed by atoms with Gasteiger partial charge >= 0.3 is 0 Å². The summed E-state index contributed by atoms with van der Waals surface area (Å²) in [4.78, 5) is 21.7. The van der Waals surface area contributed by atoms with Gasteiger partial charge in [0, 0.05) is 17.3 Å². The van der Waals surface area contributed by atoms with Crippen molar-refractivity contribution in [2.75, 3.05) is 32.4 Å². The van der Waals surface area contributed by atoms with Crippen LogP contribution in [0.4, 0.5) is 5.95 Å². The van der Waals surface area contributed by atoms with Crippen LogP contribution in [0.15, 0.2) is 54.7 Å². The molecule has 4 atom stereocenters. The summed E-state index contributed by atoms with van der Waals surface area (Å²) < 4.78 is 28.0. The van der Waals surface area contributed by atoms with Crippen LogP contribution in [-0.2, 0) is 9.47 Å². The molecule has 2 saturated heterocycles. The monoisotopic (exact) mass is 476 g/mol. The topological polar surface area (TPSA) is 113 Å². The van der Waals surface area contributed by atoms with Gasteiger partial charge in [-0.3, -0.25) is 4.79 Å². The quantitative estimate of drug-likeness (QED) is 0.553. The zero-order valence-electron chi connectivity index (χ0n) is 19.0. The van der Waals surface area contributed by atoms with E-state index < -0.39 is 0 Å². The molecular formula is C25H24N4O6. The number of fused-ring (bicyclic) bond motifs is 2. The Morgan fingerprint density at radius 3 is 2.57 bits per heavy atom. The van der Waals surface area contributed by atoms with E-state index in [-0.39, 0.29) is 37.0 Å². The highest BCUT2D eigenvalue weighted by Gasteiger charge is 2.48. The minimum atomic E-state index is -0.258. The maximum absolute atomic E-state index is 12.7. The summed E-state index contributed by atoms with van der Waals surface area (Å²) in [5, 5.41) is 6.37. The van der Waals surface area contributed by atoms with Crippen LogP contribution in [-0.4, -0.2) is 67.3 Å². The predicted molar refractivity (Wildman–Crippen MR) is 125 cm³/mol. The van der Waals surface area contributed by atoms with Crippen molar-refractivity contribution in [2.45, 2.75) is 24.3 Å². The molecule has 0 spiro atoms. The summed E-state index contributed by atoms with van der Waals surface area (Å²) in [6.07, 6.45) is 1.22. The summed E-state index contributed by atoms with van der Waals surface area (Å²) in [7, 11) is 1.59. The highest BCUT2D eigenvalue weighted by molar-refractivity contribution is 5.94. The van der Waals surface area contributed by atoms with E-state index in [0.29, 0.717) is 36.2 Å². The Bertz CT molecular complexity index is 1240. The molecule has 6 rings (SSSR count). The van der Waals surface area contributed by atoms with Crippen LogP contribution in [0.2, 0.25) is 0 Å². The Balaban J connectivity index is 1.10. The Labute approximate surface area is 201 Å². The molecule has 1 amide bonds. The molecule has 3 aliphatic heterocycles. The van der Waals surface area contributed by atoms with E-state index in [1.54, 1.807) is 37.6 Å². The van der Waals surface area contributed by atoms with Crippen molar-refractivity contribution in [3.05, 3.63) is 60.3 Å². The number of aromatic nitrogens is 2. The summed E-state index contributed by atoms with van der Waals surface area (Å²) in [5.74, 6) is 2.42. The van der Waals surface area contributed by atoms with E-state index in [4.69, 9.17) is 23.7 Å². The van der Waals surface area contributed by atoms with Crippen molar-refractivity contribution in [1.82, 2.24) is 15.3 Å². The van der Waals surface area contributed by atoms with Crippen molar-refractivity contribution in [3.63, 3.8) is 0 Å². The predicted octanol–water partition coefficient (Wildman–Crippen LogP) is 2.26. The molecule has 10 heteroatoms. The van der Waals surface area contributed by atoms with Crippen LogP contribution in [0, 0.1) is 0 Å². The molecule has 0 radical (unpaired) electrons. The van der Waals surface area contributed by atoms with E-state index in [9.17, 15) is 4.79 Å². The zero-order chi connectivity index (χ0) is 23.8. The van der Waals surface area contributed by atoms with Crippen LogP contribution < -0.4 is 24.8 Å². The van der Waals surface area contributed by atoms with E-state index in [2.05, 4.69) is 20.6 Å². The SMILES string of the molecule is COc1ccc(C(=O)N[C@H]2CO[C@H]3[C@@H]2OC[C@@H]3Nc2nccc(-c3ccc4c(c3)OCO4)n2)cc1. The molecule has 3 aromatic rings. The van der Waals surface area contributed by atoms with Crippen LogP contribution in [0.3, 0.4) is 0 Å². The highest BCUT2D eigenvalue weighted by Crippen LogP contribution is 2.35. The third kappa shape index (κ3) is 4.22. The fourth-order valence-electron chi connectivity index (χ4n) is 4.55. The first-order valence-electron chi connectivity index (χ1n) is 11.4. The Morgan fingerprint density at radius 1 is 0.971 bits per heavy atom. The molecule has 10 nitrogen and oxygen atoms in total. The van der Waals surface area contributed by atoms with Crippen LogP contribution in [0.25, 0.3) is 11.3 Å². The number of rotatable bonds is 6. The van der Waals surface area contributed by atoms with E-state index >= 15 is 0 Å². The lowest BCUT2D eigenvalue weighted by molar-refractivity contribution is 0.0652. The van der Waals surface area contributed by atoms with Gasteiger partial charge in [-0.05, 0) is 48.5 Å². The number of hydrogen-bond donors (Lipinski definition) is 2. The summed E-state index contributed by atoms with van der Waals surface area (Å²) in [6, 6.07) is 14.1. The lowest BCUT2D eigenvalue weighted by Gasteiger charge is -2.18. The fourth-order valence-corrected chi connectivity index (χ4v) is 4.55. The van der Waals surface area contributed by atoms with Gasteiger partial charge in [-0.2, -0.15) is 0 Å². The molecule has 3 aliphatic rings. The van der Waals surface area contributed by atoms with E-state index in [0.717, 1.165) is 17.0 Å². The minimum Gasteiger partial charge on any atom is -0.497 e. The van der Waals surface area contributed by atoms with Crippen LogP contribution in [0.5, 0.6) is 17.2 Å². The molecular weight excluding hydrogens is 452 g/mol. The van der Waals surface area contributed by atoms with Gasteiger partial charge in [0.15, 0.2) is 11.5 Å². The first-order valence-corrected chi connectivity index (χ1v) is 11.4. The number of carbonyl (C=O) groups excluding carboxylic acids is 1. The summed E-state index contributed by atoms with van der Waals surface area (Å²) in [6.45, 7) is 1.01. The van der Waals surface area contributed by atoms with Crippen molar-refractivity contribution in [3.8, 4) is 28.5 Å². The second-order valence-corrected chi connectivity index (χ2v) is 8.49. The lowest BCUT2D eigenvalue weighted by atomic mass is 10.1. The first kappa shape index (κ1) is 21.6. The fraction of sp³-hybridized carbons (Fsp3) is 0.320. The average molecular weight is 476 g/mol. The maximum Gasteiger partial charge on any atom is 0.251 e. The highest BCUT2D eigenvalue weighted by atomic mass is 16.7. The van der Waals surface area contributed by atoms with Gasteiger partial charge in [-0.1, -0.05) is 0 Å². The third-order valence-electron chi connectivity index (χ3n) is 6.36. The molecule has 0 saturated carbocycles. The van der Waals surface area contributed by atoms with Gasteiger partial charge in [-0.15, -0.1) is 0 Å². The third-order valence-corrected chi connectivity index (χ3v) is 6.36. The van der Waals surface area contributed by atoms with Crippen molar-refractivity contribution >= 4 is 11.9 Å². The first-order chi connectivity index (χ1) is 17.2. The Kier molecular flexibility index (Phi) is 5.59. The maximum atomic E-state index is 12.7. The lowest BCUT2D eigenvalue weighted by Crippen LogP contribution is -2.44. The number of methoxy groups -OCH3 is 1. The largest absolute Gasteiger partial charge is 0.497 e. The number of nitrogens with zero attached hydrogens (tertiary/aromatic N) is 2. The summed E-state index contributed by atoms with van der Waals surface area (Å²) >= 11 is 0. The van der Waals surface area contributed by atoms with Gasteiger partial charge < -0.3 is 34.3 Å². The van der Waals surface area contributed by atoms with Crippen molar-refractivity contribution in [1.29, 1.82) is 0 Å². The second-order valence-electron chi connectivity index (χ2n) is 8.49. The van der Waals surface area contributed by atoms with Crippen molar-refractivity contribution in [2.24, 2.45) is 0 Å². The molecule has 2 N–H and O–H groups in total. The zero-order valence-corrected chi connectivity index (χ0v) is 19.0. The standard InChI is InChI=1S/C25H24N4O6/c1-31-16-5-2-14(3-6-16)24(30)27-18-11-32-23-19(12-33-22(18)23)29-25-26-9-8-17(28-25)15-4-7-20-21(10-15)35-13-34-20/h2-10,18-19,22-23H,11-13H2,1H3,(H,27,30)(H,26,28,29)/t18-,19-,22+,23+/m0/s1. The smallest absolute Gasteiger partial charge is 0.251 e. The molecule has 0 aliphatic carbocycles. The molecule has 0 bridgehead atoms. The molecule has 2 aromatic carbocycles. The van der Waals surface area contributed by atoms with Crippen LogP contribution >= 0.6 is 0 Å². The van der Waals surface area contributed by atoms with Crippen LogP contribution in [0.1, 0.15) is 10.4 Å². The second kappa shape index (κ2) is 9.05. The molecule has 4 heterocycles. The van der Waals surface area contributed by atoms with E-state index in [1.807, 2.05) is 24.3 Å². The van der Waals surface area contributed by atoms with Gasteiger partial charge in [0.2, 0.25) is 12.7 Å². The van der Waals surface area contributed by atoms with Crippen molar-refractivity contribution < 1.29 is 28.5 Å². The number of benzene rings is 2. The number of carbonyl (C=O) groups is 1. The number of hydrogen-bond acceptors (Lipinski definition) is 9. The van der Waals surface area contributed by atoms with Gasteiger partial charge in [0.05, 0.1) is 38.1 Å². The van der Waals surface area contributed by atoms with Gasteiger partial charge in [0.25, 0.3) is 5.91 Å². The molecule has 2 fully saturated rings. The number of nitrogens with one attached hydrogen (secondary N) is 2. The number of anilines is 1. The number of amides is 1. The Morgan fingerprint density at radius 2 is 1.74 bits per heavy atom. The van der Waals surface area contributed by atoms with E-state index in [1.165, 1.54) is 0 Å². The molecule has 35 heavy (non-hydrogen) atoms. The molecule has 180 valence electrons. The summed E-state index contributed by atoms with van der Waals surface area (Å²) in [5.41, 5.74) is 2.21. The average Bonchev–Trinajstić information content (AvgIpc) is 3.62. The number of ether oxygens (including phenoxy) is 5. The molecule has 0 unspecified atom stereocenters. The van der Waals surface area contributed by atoms with Gasteiger partial charge in [-0.25, -0.2) is 9.97 Å². The van der Waals surface area contributed by atoms with Gasteiger partial charge in [0.1, 0.15) is 18.0 Å². The minimum absolute atomic E-state index is 0.144. The Hall–Kier alpha value is -3.89.